The van der Waals surface area contributed by atoms with Crippen LogP contribution in [0.15, 0.2) is 42.5 Å². The van der Waals surface area contributed by atoms with Gasteiger partial charge in [-0.1, -0.05) is 6.07 Å². The number of esters is 1. The highest BCUT2D eigenvalue weighted by molar-refractivity contribution is 5.99. The second-order valence-electron chi connectivity index (χ2n) is 7.05. The van der Waals surface area contributed by atoms with Crippen LogP contribution in [0.5, 0.6) is 11.5 Å². The number of rotatable bonds is 6. The molecule has 4 rings (SSSR count). The van der Waals surface area contributed by atoms with Gasteiger partial charge in [0, 0.05) is 18.7 Å². The Kier molecular flexibility index (Phi) is 5.56. The number of nitrogens with zero attached hydrogens (tertiary/aromatic N) is 1. The van der Waals surface area contributed by atoms with Crippen molar-refractivity contribution in [3.8, 4) is 11.5 Å². The molecule has 0 spiro atoms. The van der Waals surface area contributed by atoms with E-state index in [2.05, 4.69) is 5.32 Å². The Morgan fingerprint density at radius 1 is 1.13 bits per heavy atom. The van der Waals surface area contributed by atoms with E-state index < -0.39 is 12.0 Å². The van der Waals surface area contributed by atoms with Crippen molar-refractivity contribution in [2.45, 2.75) is 32.4 Å². The number of benzene rings is 2. The lowest BCUT2D eigenvalue weighted by Gasteiger charge is -2.24. The molecule has 0 saturated carbocycles. The molecule has 2 heterocycles. The average Bonchev–Trinajstić information content (AvgIpc) is 3.35. The standard InChI is InChI=1S/C22H22N2O6/c1-2-28-22(27)15-4-6-16(7-5-15)23-21(26)17-8-10-20(25)24(17)12-14-3-9-18-19(11-14)30-13-29-18/h3-7,9,11,17H,2,8,10,12-13H2,1H3,(H,23,26). The van der Waals surface area contributed by atoms with Gasteiger partial charge in [0.15, 0.2) is 11.5 Å². The minimum absolute atomic E-state index is 0.0644. The number of anilines is 1. The molecule has 0 aromatic heterocycles. The summed E-state index contributed by atoms with van der Waals surface area (Å²) in [7, 11) is 0. The van der Waals surface area contributed by atoms with E-state index in [4.69, 9.17) is 14.2 Å². The van der Waals surface area contributed by atoms with E-state index in [-0.39, 0.29) is 18.6 Å². The average molecular weight is 410 g/mol. The van der Waals surface area contributed by atoms with Gasteiger partial charge in [0.1, 0.15) is 6.04 Å². The van der Waals surface area contributed by atoms with Crippen LogP contribution in [-0.4, -0.2) is 42.1 Å². The molecule has 30 heavy (non-hydrogen) atoms. The fourth-order valence-electron chi connectivity index (χ4n) is 3.57. The molecule has 1 N–H and O–H groups in total. The summed E-state index contributed by atoms with van der Waals surface area (Å²) in [6, 6.07) is 11.4. The van der Waals surface area contributed by atoms with Crippen molar-refractivity contribution >= 4 is 23.5 Å². The number of hydrogen-bond acceptors (Lipinski definition) is 6. The Bertz CT molecular complexity index is 972. The molecule has 2 aromatic carbocycles. The summed E-state index contributed by atoms with van der Waals surface area (Å²) in [4.78, 5) is 38.6. The number of fused-ring (bicyclic) bond motifs is 1. The number of hydrogen-bond donors (Lipinski definition) is 1. The molecule has 2 aliphatic rings. The predicted octanol–water partition coefficient (Wildman–Crippen LogP) is 2.72. The Morgan fingerprint density at radius 3 is 2.67 bits per heavy atom. The lowest BCUT2D eigenvalue weighted by Crippen LogP contribution is -2.41. The molecule has 0 radical (unpaired) electrons. The van der Waals surface area contributed by atoms with Gasteiger partial charge in [-0.2, -0.15) is 0 Å². The molecule has 156 valence electrons. The quantitative estimate of drug-likeness (QED) is 0.736. The molecule has 8 heteroatoms. The molecule has 1 atom stereocenters. The Labute approximate surface area is 173 Å². The molecule has 0 bridgehead atoms. The second-order valence-corrected chi connectivity index (χ2v) is 7.05. The van der Waals surface area contributed by atoms with Crippen LogP contribution in [0.4, 0.5) is 5.69 Å². The zero-order valence-electron chi connectivity index (χ0n) is 16.6. The van der Waals surface area contributed by atoms with Crippen LogP contribution in [0, 0.1) is 0 Å². The third-order valence-electron chi connectivity index (χ3n) is 5.08. The smallest absolute Gasteiger partial charge is 0.338 e. The van der Waals surface area contributed by atoms with Crippen LogP contribution in [-0.2, 0) is 20.9 Å². The van der Waals surface area contributed by atoms with Crippen molar-refractivity contribution in [1.29, 1.82) is 0 Å². The van der Waals surface area contributed by atoms with Crippen molar-refractivity contribution in [3.63, 3.8) is 0 Å². The van der Waals surface area contributed by atoms with Crippen LogP contribution in [0.3, 0.4) is 0 Å². The summed E-state index contributed by atoms with van der Waals surface area (Å²) in [6.45, 7) is 2.54. The second kappa shape index (κ2) is 8.44. The van der Waals surface area contributed by atoms with Gasteiger partial charge in [-0.25, -0.2) is 4.79 Å². The van der Waals surface area contributed by atoms with Crippen LogP contribution >= 0.6 is 0 Å². The zero-order chi connectivity index (χ0) is 21.1. The van der Waals surface area contributed by atoms with Crippen molar-refractivity contribution in [2.24, 2.45) is 0 Å². The summed E-state index contributed by atoms with van der Waals surface area (Å²) in [5.74, 6) is 0.580. The van der Waals surface area contributed by atoms with E-state index >= 15 is 0 Å². The summed E-state index contributed by atoms with van der Waals surface area (Å²) < 4.78 is 15.7. The van der Waals surface area contributed by atoms with E-state index in [1.54, 1.807) is 42.2 Å². The van der Waals surface area contributed by atoms with Gasteiger partial charge in [0.05, 0.1) is 12.2 Å². The van der Waals surface area contributed by atoms with Gasteiger partial charge < -0.3 is 24.4 Å². The first kappa shape index (κ1) is 19.8. The number of carbonyl (C=O) groups is 3. The van der Waals surface area contributed by atoms with E-state index in [0.717, 1.165) is 5.56 Å². The van der Waals surface area contributed by atoms with Crippen LogP contribution in [0.2, 0.25) is 0 Å². The van der Waals surface area contributed by atoms with Gasteiger partial charge in [-0.15, -0.1) is 0 Å². The topological polar surface area (TPSA) is 94.2 Å². The Hall–Kier alpha value is -3.55. The van der Waals surface area contributed by atoms with Crippen molar-refractivity contribution in [2.75, 3.05) is 18.7 Å². The first-order valence-electron chi connectivity index (χ1n) is 9.81. The van der Waals surface area contributed by atoms with E-state index in [9.17, 15) is 14.4 Å². The number of amides is 2. The third kappa shape index (κ3) is 4.07. The van der Waals surface area contributed by atoms with E-state index in [1.807, 2.05) is 12.1 Å². The molecule has 1 saturated heterocycles. The van der Waals surface area contributed by atoms with Crippen LogP contribution in [0.25, 0.3) is 0 Å². The molecule has 1 unspecified atom stereocenters. The predicted molar refractivity (Wildman–Crippen MR) is 107 cm³/mol. The minimum Gasteiger partial charge on any atom is -0.462 e. The van der Waals surface area contributed by atoms with Crippen molar-refractivity contribution < 1.29 is 28.6 Å². The number of nitrogens with one attached hydrogen (secondary N) is 1. The van der Waals surface area contributed by atoms with Crippen LogP contribution in [0.1, 0.15) is 35.7 Å². The van der Waals surface area contributed by atoms with E-state index in [1.165, 1.54) is 0 Å². The SMILES string of the molecule is CCOC(=O)c1ccc(NC(=O)C2CCC(=O)N2Cc2ccc3c(c2)OCO3)cc1. The summed E-state index contributed by atoms with van der Waals surface area (Å²) >= 11 is 0. The van der Waals surface area contributed by atoms with Crippen LogP contribution < -0.4 is 14.8 Å². The van der Waals surface area contributed by atoms with Gasteiger partial charge >= 0.3 is 5.97 Å². The van der Waals surface area contributed by atoms with Gasteiger partial charge in [-0.05, 0) is 55.3 Å². The first-order valence-corrected chi connectivity index (χ1v) is 9.81. The number of carbonyl (C=O) groups excluding carboxylic acids is 3. The third-order valence-corrected chi connectivity index (χ3v) is 5.08. The molecule has 2 amide bonds. The minimum atomic E-state index is -0.562. The molecule has 1 fully saturated rings. The molecular formula is C22H22N2O6. The van der Waals surface area contributed by atoms with E-state index in [0.29, 0.717) is 48.7 Å². The molecule has 2 aromatic rings. The summed E-state index contributed by atoms with van der Waals surface area (Å²) in [6.07, 6.45) is 0.778. The first-order chi connectivity index (χ1) is 14.5. The maximum Gasteiger partial charge on any atom is 0.338 e. The Morgan fingerprint density at radius 2 is 1.90 bits per heavy atom. The number of ether oxygens (including phenoxy) is 3. The highest BCUT2D eigenvalue weighted by Gasteiger charge is 2.36. The van der Waals surface area contributed by atoms with Crippen molar-refractivity contribution in [1.82, 2.24) is 4.90 Å². The highest BCUT2D eigenvalue weighted by Crippen LogP contribution is 2.33. The molecule has 2 aliphatic heterocycles. The fourth-order valence-corrected chi connectivity index (χ4v) is 3.57. The zero-order valence-corrected chi connectivity index (χ0v) is 16.6. The fraction of sp³-hybridized carbons (Fsp3) is 0.318. The summed E-state index contributed by atoms with van der Waals surface area (Å²) in [5, 5.41) is 2.83. The van der Waals surface area contributed by atoms with Gasteiger partial charge in [0.2, 0.25) is 18.6 Å². The number of likely N-dealkylation sites (tertiary alicyclic amines) is 1. The molecule has 8 nitrogen and oxygen atoms in total. The van der Waals surface area contributed by atoms with Crippen molar-refractivity contribution in [3.05, 3.63) is 53.6 Å². The van der Waals surface area contributed by atoms with Gasteiger partial charge in [0.25, 0.3) is 0 Å². The lowest BCUT2D eigenvalue weighted by molar-refractivity contribution is -0.133. The molecule has 0 aliphatic carbocycles. The van der Waals surface area contributed by atoms with Gasteiger partial charge in [-0.3, -0.25) is 9.59 Å². The maximum atomic E-state index is 12.8. The normalized spacial score (nSPS) is 17.2. The molecular weight excluding hydrogens is 388 g/mol. The largest absolute Gasteiger partial charge is 0.462 e. The highest BCUT2D eigenvalue weighted by atomic mass is 16.7. The monoisotopic (exact) mass is 410 g/mol. The summed E-state index contributed by atoms with van der Waals surface area (Å²) in [5.41, 5.74) is 1.83. The maximum absolute atomic E-state index is 12.8. The lowest BCUT2D eigenvalue weighted by atomic mass is 10.1. The Balaban J connectivity index is 1.42.